The van der Waals surface area contributed by atoms with Crippen LogP contribution in [0.3, 0.4) is 0 Å². The van der Waals surface area contributed by atoms with Crippen molar-refractivity contribution < 1.29 is 27.4 Å². The maximum absolute atomic E-state index is 13.0. The summed E-state index contributed by atoms with van der Waals surface area (Å²) in [6.45, 7) is 0.391. The maximum atomic E-state index is 13.0. The fourth-order valence-corrected chi connectivity index (χ4v) is 4.24. The second-order valence-corrected chi connectivity index (χ2v) is 8.28. The fourth-order valence-electron chi connectivity index (χ4n) is 4.24. The first-order chi connectivity index (χ1) is 17.2. The number of fused-ring (bicyclic) bond motifs is 1. The number of alkyl halides is 3. The van der Waals surface area contributed by atoms with Gasteiger partial charge in [0.1, 0.15) is 11.5 Å². The topological polar surface area (TPSA) is 73.7 Å². The minimum Gasteiger partial charge on any atom is -0.480 e. The lowest BCUT2D eigenvalue weighted by Crippen LogP contribution is -2.32. The molecule has 0 spiro atoms. The molecule has 1 aliphatic heterocycles. The van der Waals surface area contributed by atoms with Crippen LogP contribution in [0.2, 0.25) is 0 Å². The lowest BCUT2D eigenvalue weighted by Gasteiger charge is -2.18. The van der Waals surface area contributed by atoms with Crippen LogP contribution in [0, 0.1) is 0 Å². The average molecular weight is 495 g/mol. The lowest BCUT2D eigenvalue weighted by atomic mass is 10.0. The molecule has 1 fully saturated rings. The summed E-state index contributed by atoms with van der Waals surface area (Å²) in [4.78, 5) is 26.9. The summed E-state index contributed by atoms with van der Waals surface area (Å²) in [6, 6.07) is 19.6. The normalized spacial score (nSPS) is 15.9. The molecule has 7 nitrogen and oxygen atoms in total. The van der Waals surface area contributed by atoms with Gasteiger partial charge >= 0.3 is 6.36 Å². The van der Waals surface area contributed by atoms with Gasteiger partial charge < -0.3 is 14.4 Å². The molecule has 1 amide bonds. The van der Waals surface area contributed by atoms with Crippen LogP contribution in [0.1, 0.15) is 6.42 Å². The van der Waals surface area contributed by atoms with E-state index in [1.54, 1.807) is 36.2 Å². The monoisotopic (exact) mass is 495 g/mol. The van der Waals surface area contributed by atoms with E-state index in [1.807, 2.05) is 24.3 Å². The van der Waals surface area contributed by atoms with Crippen molar-refractivity contribution in [3.8, 4) is 22.8 Å². The zero-order valence-electron chi connectivity index (χ0n) is 19.0. The molecular weight excluding hydrogens is 475 g/mol. The summed E-state index contributed by atoms with van der Waals surface area (Å²) in [7, 11) is 1.60. The van der Waals surface area contributed by atoms with Crippen LogP contribution in [0.15, 0.2) is 77.6 Å². The number of aryl methyl sites for hydroxylation is 1. The first-order valence-corrected chi connectivity index (χ1v) is 11.1. The molecule has 0 radical (unpaired) electrons. The molecule has 3 aromatic carbocycles. The number of ether oxygens (including phenoxy) is 2. The first kappa shape index (κ1) is 23.4. The van der Waals surface area contributed by atoms with E-state index in [2.05, 4.69) is 9.84 Å². The van der Waals surface area contributed by atoms with Crippen LogP contribution in [0.25, 0.3) is 22.0 Å². The molecule has 1 atom stereocenters. The van der Waals surface area contributed by atoms with E-state index in [0.717, 1.165) is 23.1 Å². The Kier molecular flexibility index (Phi) is 5.87. The molecule has 36 heavy (non-hydrogen) atoms. The van der Waals surface area contributed by atoms with Crippen molar-refractivity contribution in [2.75, 3.05) is 11.4 Å². The predicted molar refractivity (Wildman–Crippen MR) is 127 cm³/mol. The van der Waals surface area contributed by atoms with Gasteiger partial charge in [-0.3, -0.25) is 9.59 Å². The summed E-state index contributed by atoms with van der Waals surface area (Å²) in [5.74, 6) is -0.604. The highest BCUT2D eigenvalue weighted by Crippen LogP contribution is 2.31. The number of nitrogens with zero attached hydrogens (tertiary/aromatic N) is 3. The predicted octanol–water partition coefficient (Wildman–Crippen LogP) is 4.68. The Bertz CT molecular complexity index is 1500. The largest absolute Gasteiger partial charge is 0.573 e. The van der Waals surface area contributed by atoms with Crippen LogP contribution in [0.5, 0.6) is 11.5 Å². The number of hydrogen-bond acceptors (Lipinski definition) is 5. The Morgan fingerprint density at radius 1 is 0.917 bits per heavy atom. The van der Waals surface area contributed by atoms with E-state index < -0.39 is 18.2 Å². The molecule has 184 valence electrons. The molecule has 1 saturated heterocycles. The van der Waals surface area contributed by atoms with Crippen LogP contribution in [-0.4, -0.2) is 34.7 Å². The molecular formula is C26H20F3N3O4. The molecule has 1 aliphatic rings. The molecule has 1 unspecified atom stereocenters. The third-order valence-corrected chi connectivity index (χ3v) is 5.88. The molecule has 0 bridgehead atoms. The van der Waals surface area contributed by atoms with Crippen molar-refractivity contribution in [3.63, 3.8) is 0 Å². The first-order valence-electron chi connectivity index (χ1n) is 11.1. The Morgan fingerprint density at radius 2 is 1.61 bits per heavy atom. The maximum Gasteiger partial charge on any atom is 0.573 e. The summed E-state index contributed by atoms with van der Waals surface area (Å²) in [6.07, 6.45) is -5.28. The van der Waals surface area contributed by atoms with Gasteiger partial charge in [0.25, 0.3) is 11.5 Å². The summed E-state index contributed by atoms with van der Waals surface area (Å²) < 4.78 is 48.4. The molecule has 0 N–H and O–H groups in total. The lowest BCUT2D eigenvalue weighted by molar-refractivity contribution is -0.274. The van der Waals surface area contributed by atoms with Crippen molar-refractivity contribution in [3.05, 3.63) is 83.2 Å². The van der Waals surface area contributed by atoms with Gasteiger partial charge in [0.2, 0.25) is 0 Å². The van der Waals surface area contributed by atoms with Gasteiger partial charge in [-0.15, -0.1) is 13.2 Å². The van der Waals surface area contributed by atoms with E-state index >= 15 is 0 Å². The van der Waals surface area contributed by atoms with Gasteiger partial charge in [-0.1, -0.05) is 36.4 Å². The average Bonchev–Trinajstić information content (AvgIpc) is 3.20. The van der Waals surface area contributed by atoms with Crippen molar-refractivity contribution >= 4 is 22.4 Å². The molecule has 5 rings (SSSR count). The standard InChI is InChI=1S/C26H20F3N3O4/c1-31-24(33)21-8-3-2-7-20(21)23(30-31)16-9-11-17(12-10-16)32-14-13-22(25(32)34)35-18-5-4-6-19(15-18)36-26(27,28)29/h2-12,15,22H,13-14H2,1H3. The fraction of sp³-hybridized carbons (Fsp3) is 0.192. The van der Waals surface area contributed by atoms with Gasteiger partial charge in [-0.25, -0.2) is 4.68 Å². The quantitative estimate of drug-likeness (QED) is 0.402. The number of benzene rings is 3. The smallest absolute Gasteiger partial charge is 0.480 e. The summed E-state index contributed by atoms with van der Waals surface area (Å²) in [5.41, 5.74) is 1.90. The number of aromatic nitrogens is 2. The zero-order chi connectivity index (χ0) is 25.4. The molecule has 4 aromatic rings. The molecule has 0 saturated carbocycles. The van der Waals surface area contributed by atoms with Crippen molar-refractivity contribution in [2.45, 2.75) is 18.9 Å². The second-order valence-electron chi connectivity index (χ2n) is 8.28. The third kappa shape index (κ3) is 4.61. The molecule has 10 heteroatoms. The second kappa shape index (κ2) is 9.03. The minimum atomic E-state index is -4.82. The Morgan fingerprint density at radius 3 is 2.33 bits per heavy atom. The van der Waals surface area contributed by atoms with Crippen LogP contribution >= 0.6 is 0 Å². The molecule has 0 aliphatic carbocycles. The number of amides is 1. The molecule has 2 heterocycles. The Balaban J connectivity index is 1.34. The highest BCUT2D eigenvalue weighted by molar-refractivity contribution is 5.99. The number of rotatable bonds is 5. The van der Waals surface area contributed by atoms with Crippen LogP contribution < -0.4 is 19.9 Å². The van der Waals surface area contributed by atoms with E-state index in [4.69, 9.17) is 4.74 Å². The number of carbonyl (C=O) groups excluding carboxylic acids is 1. The number of hydrogen-bond donors (Lipinski definition) is 0. The van der Waals surface area contributed by atoms with E-state index in [0.29, 0.717) is 29.7 Å². The SMILES string of the molecule is Cn1nc(-c2ccc(N3CCC(Oc4cccc(OC(F)(F)F)c4)C3=O)cc2)c2ccccc2c1=O. The van der Waals surface area contributed by atoms with E-state index in [9.17, 15) is 22.8 Å². The van der Waals surface area contributed by atoms with Crippen molar-refractivity contribution in [2.24, 2.45) is 7.05 Å². The number of halogens is 3. The number of carbonyl (C=O) groups is 1. The number of anilines is 1. The Hall–Kier alpha value is -4.34. The Labute approximate surface area is 203 Å². The van der Waals surface area contributed by atoms with Gasteiger partial charge in [0.15, 0.2) is 6.10 Å². The van der Waals surface area contributed by atoms with Crippen LogP contribution in [-0.2, 0) is 11.8 Å². The van der Waals surface area contributed by atoms with Gasteiger partial charge in [-0.05, 0) is 30.3 Å². The third-order valence-electron chi connectivity index (χ3n) is 5.88. The van der Waals surface area contributed by atoms with E-state index in [-0.39, 0.29) is 17.2 Å². The van der Waals surface area contributed by atoms with Gasteiger partial charge in [0, 0.05) is 42.7 Å². The van der Waals surface area contributed by atoms with Gasteiger partial charge in [0.05, 0.1) is 11.1 Å². The van der Waals surface area contributed by atoms with Crippen molar-refractivity contribution in [1.29, 1.82) is 0 Å². The van der Waals surface area contributed by atoms with E-state index in [1.165, 1.54) is 16.8 Å². The van der Waals surface area contributed by atoms with Gasteiger partial charge in [-0.2, -0.15) is 5.10 Å². The minimum absolute atomic E-state index is 0.111. The highest BCUT2D eigenvalue weighted by Gasteiger charge is 2.35. The zero-order valence-corrected chi connectivity index (χ0v) is 19.0. The summed E-state index contributed by atoms with van der Waals surface area (Å²) >= 11 is 0. The highest BCUT2D eigenvalue weighted by atomic mass is 19.4. The van der Waals surface area contributed by atoms with Crippen molar-refractivity contribution in [1.82, 2.24) is 9.78 Å². The summed E-state index contributed by atoms with van der Waals surface area (Å²) in [5, 5.41) is 5.72. The van der Waals surface area contributed by atoms with Crippen LogP contribution in [0.4, 0.5) is 18.9 Å². The molecule has 1 aromatic heterocycles.